The minimum absolute atomic E-state index is 0.0578. The van der Waals surface area contributed by atoms with Gasteiger partial charge in [-0.15, -0.1) is 0 Å². The Morgan fingerprint density at radius 3 is 2.16 bits per heavy atom. The normalized spacial score (nSPS) is 16.7. The molecule has 8 aromatic rings. The van der Waals surface area contributed by atoms with Crippen molar-refractivity contribution in [2.45, 2.75) is 37.8 Å². The molecular weight excluding hydrogens is 619 g/mol. The Bertz CT molecular complexity index is 2670. The molecule has 0 radical (unpaired) electrons. The van der Waals surface area contributed by atoms with Crippen molar-refractivity contribution in [1.82, 2.24) is 4.57 Å². The largest absolute Gasteiger partial charge is 0.309 e. The number of benzene rings is 6. The van der Waals surface area contributed by atoms with E-state index in [0.29, 0.717) is 0 Å². The Kier molecular flexibility index (Phi) is 6.12. The molecule has 7 aromatic carbocycles. The van der Waals surface area contributed by atoms with Crippen molar-refractivity contribution in [3.05, 3.63) is 191 Å². The molecule has 0 spiro atoms. The summed E-state index contributed by atoms with van der Waals surface area (Å²) in [5.41, 5.74) is 16.2. The fourth-order valence-electron chi connectivity index (χ4n) is 9.43. The first-order valence-electron chi connectivity index (χ1n) is 17.8. The van der Waals surface area contributed by atoms with E-state index in [9.17, 15) is 0 Å². The number of rotatable bonds is 4. The predicted octanol–water partition coefficient (Wildman–Crippen LogP) is 10.7. The van der Waals surface area contributed by atoms with Crippen LogP contribution in [0.2, 0.25) is 13.1 Å². The van der Waals surface area contributed by atoms with Gasteiger partial charge in [0.1, 0.15) is 0 Å². The fourth-order valence-corrected chi connectivity index (χ4v) is 10.8. The zero-order chi connectivity index (χ0) is 33.8. The highest BCUT2D eigenvalue weighted by atomic mass is 28.3. The molecule has 1 nitrogen and oxygen atoms in total. The van der Waals surface area contributed by atoms with Crippen LogP contribution in [-0.2, 0) is 10.8 Å². The molecule has 238 valence electrons. The van der Waals surface area contributed by atoms with Gasteiger partial charge in [0.15, 0.2) is 0 Å². The molecule has 1 aliphatic carbocycles. The number of fused-ring (bicyclic) bond motifs is 8. The third-order valence-electron chi connectivity index (χ3n) is 11.7. The molecule has 0 bridgehead atoms. The van der Waals surface area contributed by atoms with E-state index in [1.165, 1.54) is 88.3 Å². The first-order chi connectivity index (χ1) is 24.4. The molecule has 1 aromatic heterocycles. The van der Waals surface area contributed by atoms with Crippen LogP contribution < -0.4 is 5.19 Å². The number of hydrogen-bond acceptors (Lipinski definition) is 0. The third kappa shape index (κ3) is 3.73. The molecule has 1 atom stereocenters. The number of aromatic nitrogens is 1. The van der Waals surface area contributed by atoms with Crippen molar-refractivity contribution in [2.75, 3.05) is 0 Å². The molecule has 2 aliphatic rings. The molecule has 0 N–H and O–H groups in total. The standard InChI is InChI=1S/C48H37NSi/c1-47(2)38-20-7-5-17-34(38)35-28-27-32(30-42(35)47)31-15-13-16-33(29-31)48(40-22-9-12-26-45(40)50(3)4)39-21-8-11-25-44(39)49-43-24-10-6-18-36(43)37-19-14-23-41(48)46(37)49/h5-8,10-21,23-30,50H,1-4H3. The van der Waals surface area contributed by atoms with Crippen LogP contribution in [-0.4, -0.2) is 13.4 Å². The molecule has 2 heterocycles. The van der Waals surface area contributed by atoms with Gasteiger partial charge in [0.2, 0.25) is 0 Å². The SMILES string of the molecule is C[SiH](C)c1ccc#cc1C1(c2cccc(-c3ccc4c(c3)C(C)(C)c3ccccc3-4)c2)c2ccccc2-n2c3ccccc3c3cccc1c32. The fraction of sp³-hybridized carbons (Fsp3) is 0.125. The molecule has 0 saturated carbocycles. The van der Waals surface area contributed by atoms with E-state index in [-0.39, 0.29) is 5.41 Å². The van der Waals surface area contributed by atoms with Gasteiger partial charge in [0, 0.05) is 21.8 Å². The summed E-state index contributed by atoms with van der Waals surface area (Å²) in [4.78, 5) is 0. The monoisotopic (exact) mass is 655 g/mol. The molecule has 10 rings (SSSR count). The third-order valence-corrected chi connectivity index (χ3v) is 13.4. The number of para-hydroxylation sites is 3. The Hall–Kier alpha value is -5.62. The zero-order valence-corrected chi connectivity index (χ0v) is 30.0. The van der Waals surface area contributed by atoms with Crippen molar-refractivity contribution in [1.29, 1.82) is 0 Å². The van der Waals surface area contributed by atoms with E-state index in [2.05, 4.69) is 189 Å². The molecule has 0 saturated heterocycles. The Morgan fingerprint density at radius 1 is 0.580 bits per heavy atom. The Morgan fingerprint density at radius 2 is 1.28 bits per heavy atom. The van der Waals surface area contributed by atoms with E-state index in [0.717, 1.165) is 0 Å². The lowest BCUT2D eigenvalue weighted by Crippen LogP contribution is -2.42. The maximum absolute atomic E-state index is 3.79. The maximum atomic E-state index is 3.79. The van der Waals surface area contributed by atoms with E-state index in [4.69, 9.17) is 0 Å². The molecule has 50 heavy (non-hydrogen) atoms. The summed E-state index contributed by atoms with van der Waals surface area (Å²) in [6, 6.07) is 61.9. The van der Waals surface area contributed by atoms with Crippen LogP contribution in [0.4, 0.5) is 0 Å². The van der Waals surface area contributed by atoms with Crippen molar-refractivity contribution in [3.63, 3.8) is 0 Å². The second-order valence-corrected chi connectivity index (χ2v) is 17.9. The van der Waals surface area contributed by atoms with E-state index < -0.39 is 14.2 Å². The first-order valence-corrected chi connectivity index (χ1v) is 20.7. The second kappa shape index (κ2) is 10.4. The van der Waals surface area contributed by atoms with Crippen LogP contribution in [0.3, 0.4) is 0 Å². The van der Waals surface area contributed by atoms with Crippen molar-refractivity contribution >= 4 is 35.8 Å². The summed E-state index contributed by atoms with van der Waals surface area (Å²) in [6.45, 7) is 9.61. The molecule has 0 amide bonds. The molecule has 1 unspecified atom stereocenters. The number of hydrogen-bond donors (Lipinski definition) is 0. The second-order valence-electron chi connectivity index (χ2n) is 14.9. The van der Waals surface area contributed by atoms with Gasteiger partial charge in [-0.2, -0.15) is 0 Å². The molecule has 0 fully saturated rings. The minimum atomic E-state index is -1.30. The van der Waals surface area contributed by atoms with Crippen LogP contribution in [0.15, 0.2) is 146 Å². The highest BCUT2D eigenvalue weighted by Gasteiger charge is 2.47. The lowest BCUT2D eigenvalue weighted by atomic mass is 9.63. The van der Waals surface area contributed by atoms with Crippen LogP contribution >= 0.6 is 0 Å². The lowest BCUT2D eigenvalue weighted by Gasteiger charge is -2.42. The molecule has 1 aliphatic heterocycles. The van der Waals surface area contributed by atoms with E-state index in [1.54, 1.807) is 0 Å². The van der Waals surface area contributed by atoms with Gasteiger partial charge in [-0.25, -0.2) is 0 Å². The van der Waals surface area contributed by atoms with Crippen LogP contribution in [0, 0.1) is 12.1 Å². The van der Waals surface area contributed by atoms with Gasteiger partial charge in [-0.1, -0.05) is 160 Å². The zero-order valence-electron chi connectivity index (χ0n) is 28.9. The van der Waals surface area contributed by atoms with Crippen molar-refractivity contribution < 1.29 is 0 Å². The minimum Gasteiger partial charge on any atom is -0.309 e. The summed E-state index contributed by atoms with van der Waals surface area (Å²) >= 11 is 0. The summed E-state index contributed by atoms with van der Waals surface area (Å²) in [5, 5.41) is 4.01. The summed E-state index contributed by atoms with van der Waals surface area (Å²) in [6.07, 6.45) is 0. The van der Waals surface area contributed by atoms with Gasteiger partial charge in [0.05, 0.1) is 30.9 Å². The highest BCUT2D eigenvalue weighted by molar-refractivity contribution is 6.71. The Labute approximate surface area is 296 Å². The molecule has 2 heteroatoms. The average Bonchev–Trinajstić information content (AvgIpc) is 3.61. The first kappa shape index (κ1) is 29.3. The predicted molar refractivity (Wildman–Crippen MR) is 212 cm³/mol. The van der Waals surface area contributed by atoms with Gasteiger partial charge < -0.3 is 4.57 Å². The van der Waals surface area contributed by atoms with Crippen LogP contribution in [0.5, 0.6) is 0 Å². The average molecular weight is 656 g/mol. The summed E-state index contributed by atoms with van der Waals surface area (Å²) in [5.74, 6) is 0. The van der Waals surface area contributed by atoms with Crippen molar-refractivity contribution in [3.8, 4) is 27.9 Å². The van der Waals surface area contributed by atoms with Crippen molar-refractivity contribution in [2.24, 2.45) is 0 Å². The smallest absolute Gasteiger partial charge is 0.0820 e. The van der Waals surface area contributed by atoms with Gasteiger partial charge >= 0.3 is 0 Å². The van der Waals surface area contributed by atoms with Crippen LogP contribution in [0.1, 0.15) is 47.2 Å². The highest BCUT2D eigenvalue weighted by Crippen LogP contribution is 2.54. The van der Waals surface area contributed by atoms with Gasteiger partial charge in [0.25, 0.3) is 0 Å². The summed E-state index contributed by atoms with van der Waals surface area (Å²) < 4.78 is 2.51. The topological polar surface area (TPSA) is 4.93 Å². The Balaban J connectivity index is 1.30. The molecular formula is C48H37NSi. The lowest BCUT2D eigenvalue weighted by molar-refractivity contribution is 0.660. The maximum Gasteiger partial charge on any atom is 0.0820 e. The quantitative estimate of drug-likeness (QED) is 0.166. The van der Waals surface area contributed by atoms with Gasteiger partial charge in [-0.05, 0) is 80.4 Å². The number of nitrogens with zero attached hydrogens (tertiary/aromatic N) is 1. The van der Waals surface area contributed by atoms with Crippen LogP contribution in [0.25, 0.3) is 49.7 Å². The van der Waals surface area contributed by atoms with E-state index >= 15 is 0 Å². The summed E-state index contributed by atoms with van der Waals surface area (Å²) in [7, 11) is -1.30. The van der Waals surface area contributed by atoms with Gasteiger partial charge in [-0.3, -0.25) is 0 Å². The van der Waals surface area contributed by atoms with E-state index in [1.807, 2.05) is 0 Å².